The van der Waals surface area contributed by atoms with Crippen molar-refractivity contribution >= 4 is 15.9 Å². The third-order valence-electron chi connectivity index (χ3n) is 3.18. The summed E-state index contributed by atoms with van der Waals surface area (Å²) in [6, 6.07) is 6.73. The van der Waals surface area contributed by atoms with Crippen LogP contribution in [0.5, 0.6) is 5.75 Å². The van der Waals surface area contributed by atoms with Crippen LogP contribution in [-0.2, 0) is 16.4 Å². The van der Waals surface area contributed by atoms with E-state index in [-0.39, 0.29) is 23.6 Å². The minimum atomic E-state index is -2.97. The minimum Gasteiger partial charge on any atom is -0.497 e. The molecular weight excluding hydrogens is 280 g/mol. The van der Waals surface area contributed by atoms with Crippen LogP contribution < -0.4 is 15.4 Å². The molecule has 0 spiro atoms. The zero-order valence-electron chi connectivity index (χ0n) is 11.3. The van der Waals surface area contributed by atoms with Crippen molar-refractivity contribution in [2.45, 2.75) is 19.0 Å². The van der Waals surface area contributed by atoms with E-state index < -0.39 is 9.84 Å². The number of amides is 2. The lowest BCUT2D eigenvalue weighted by Gasteiger charge is -2.12. The van der Waals surface area contributed by atoms with Gasteiger partial charge in [-0.05, 0) is 24.1 Å². The number of nitrogens with one attached hydrogen (secondary N) is 2. The van der Waals surface area contributed by atoms with Crippen molar-refractivity contribution in [3.05, 3.63) is 29.8 Å². The molecule has 0 saturated carbocycles. The lowest BCUT2D eigenvalue weighted by Crippen LogP contribution is -2.42. The molecule has 6 nitrogen and oxygen atoms in total. The molecule has 0 radical (unpaired) electrons. The molecule has 1 aliphatic rings. The standard InChI is InChI=1S/C13H18N2O4S/c1-19-12-4-2-10(3-5-12)8-14-13(16)15-11-6-7-20(17,18)9-11/h2-5,11H,6-9H2,1H3,(H2,14,15,16). The van der Waals surface area contributed by atoms with Crippen LogP contribution in [0, 0.1) is 0 Å². The van der Waals surface area contributed by atoms with Gasteiger partial charge >= 0.3 is 6.03 Å². The van der Waals surface area contributed by atoms with E-state index in [4.69, 9.17) is 4.74 Å². The zero-order valence-corrected chi connectivity index (χ0v) is 12.1. The summed E-state index contributed by atoms with van der Waals surface area (Å²) in [7, 11) is -1.38. The number of sulfone groups is 1. The largest absolute Gasteiger partial charge is 0.497 e. The average molecular weight is 298 g/mol. The van der Waals surface area contributed by atoms with Crippen molar-refractivity contribution in [2.24, 2.45) is 0 Å². The van der Waals surface area contributed by atoms with Crippen LogP contribution in [0.15, 0.2) is 24.3 Å². The molecule has 1 heterocycles. The minimum absolute atomic E-state index is 0.0307. The van der Waals surface area contributed by atoms with Gasteiger partial charge in [0.2, 0.25) is 0 Å². The van der Waals surface area contributed by atoms with Crippen LogP contribution in [-0.4, -0.2) is 39.1 Å². The number of carbonyl (C=O) groups is 1. The predicted octanol–water partition coefficient (Wildman–Crippen LogP) is 0.681. The van der Waals surface area contributed by atoms with Gasteiger partial charge in [0, 0.05) is 12.6 Å². The molecule has 1 fully saturated rings. The van der Waals surface area contributed by atoms with E-state index >= 15 is 0 Å². The number of hydrogen-bond acceptors (Lipinski definition) is 4. The summed E-state index contributed by atoms with van der Waals surface area (Å²) in [4.78, 5) is 11.7. The van der Waals surface area contributed by atoms with Crippen molar-refractivity contribution in [1.82, 2.24) is 10.6 Å². The SMILES string of the molecule is COc1ccc(CNC(=O)NC2CCS(=O)(=O)C2)cc1. The lowest BCUT2D eigenvalue weighted by atomic mass is 10.2. The summed E-state index contributed by atoms with van der Waals surface area (Å²) >= 11 is 0. The summed E-state index contributed by atoms with van der Waals surface area (Å²) in [5.41, 5.74) is 0.944. The predicted molar refractivity (Wildman–Crippen MR) is 75.4 cm³/mol. The summed E-state index contributed by atoms with van der Waals surface area (Å²) in [5, 5.41) is 5.38. The van der Waals surface area contributed by atoms with Gasteiger partial charge in [-0.1, -0.05) is 12.1 Å². The third-order valence-corrected chi connectivity index (χ3v) is 4.95. The number of benzene rings is 1. The van der Waals surface area contributed by atoms with Gasteiger partial charge in [-0.3, -0.25) is 0 Å². The first kappa shape index (κ1) is 14.6. The van der Waals surface area contributed by atoms with E-state index in [1.165, 1.54) is 0 Å². The number of methoxy groups -OCH3 is 1. The Morgan fingerprint density at radius 1 is 1.35 bits per heavy atom. The van der Waals surface area contributed by atoms with Gasteiger partial charge in [0.25, 0.3) is 0 Å². The van der Waals surface area contributed by atoms with Crippen molar-refractivity contribution in [3.8, 4) is 5.75 Å². The monoisotopic (exact) mass is 298 g/mol. The van der Waals surface area contributed by atoms with E-state index in [0.717, 1.165) is 11.3 Å². The van der Waals surface area contributed by atoms with E-state index in [1.807, 2.05) is 24.3 Å². The summed E-state index contributed by atoms with van der Waals surface area (Å²) in [6.07, 6.45) is 0.484. The highest BCUT2D eigenvalue weighted by molar-refractivity contribution is 7.91. The Morgan fingerprint density at radius 3 is 2.60 bits per heavy atom. The lowest BCUT2D eigenvalue weighted by molar-refractivity contribution is 0.237. The number of carbonyl (C=O) groups excluding carboxylic acids is 1. The molecule has 1 unspecified atom stereocenters. The fourth-order valence-corrected chi connectivity index (χ4v) is 3.74. The van der Waals surface area contributed by atoms with Gasteiger partial charge in [-0.15, -0.1) is 0 Å². The molecule has 7 heteroatoms. The second-order valence-electron chi connectivity index (χ2n) is 4.78. The van der Waals surface area contributed by atoms with Crippen LogP contribution in [0.25, 0.3) is 0 Å². The maximum atomic E-state index is 11.7. The van der Waals surface area contributed by atoms with Gasteiger partial charge in [0.05, 0.1) is 18.6 Å². The summed E-state index contributed by atoms with van der Waals surface area (Å²) in [5.74, 6) is 0.939. The average Bonchev–Trinajstić information content (AvgIpc) is 2.76. The second-order valence-corrected chi connectivity index (χ2v) is 7.00. The number of urea groups is 1. The highest BCUT2D eigenvalue weighted by atomic mass is 32.2. The maximum Gasteiger partial charge on any atom is 0.315 e. The van der Waals surface area contributed by atoms with Crippen LogP contribution >= 0.6 is 0 Å². The zero-order chi connectivity index (χ0) is 14.6. The maximum absolute atomic E-state index is 11.7. The topological polar surface area (TPSA) is 84.5 Å². The van der Waals surface area contributed by atoms with Crippen molar-refractivity contribution in [3.63, 3.8) is 0 Å². The molecular formula is C13H18N2O4S. The summed E-state index contributed by atoms with van der Waals surface area (Å²) < 4.78 is 27.6. The van der Waals surface area contributed by atoms with Gasteiger partial charge in [-0.2, -0.15) is 0 Å². The number of rotatable bonds is 4. The Kier molecular flexibility index (Phi) is 4.49. The van der Waals surface area contributed by atoms with Crippen molar-refractivity contribution < 1.29 is 17.9 Å². The second kappa shape index (κ2) is 6.13. The molecule has 0 bridgehead atoms. The number of hydrogen-bond donors (Lipinski definition) is 2. The highest BCUT2D eigenvalue weighted by Crippen LogP contribution is 2.12. The Morgan fingerprint density at radius 2 is 2.05 bits per heavy atom. The first-order chi connectivity index (χ1) is 9.48. The molecule has 0 aliphatic carbocycles. The van der Waals surface area contributed by atoms with Crippen LogP contribution in [0.3, 0.4) is 0 Å². The van der Waals surface area contributed by atoms with E-state index in [2.05, 4.69) is 10.6 Å². The first-order valence-electron chi connectivity index (χ1n) is 6.36. The van der Waals surface area contributed by atoms with Crippen LogP contribution in [0.1, 0.15) is 12.0 Å². The summed E-state index contributed by atoms with van der Waals surface area (Å²) in [6.45, 7) is 0.384. The molecule has 2 rings (SSSR count). The molecule has 1 aliphatic heterocycles. The fourth-order valence-electron chi connectivity index (χ4n) is 2.07. The van der Waals surface area contributed by atoms with Crippen LogP contribution in [0.4, 0.5) is 4.79 Å². The molecule has 1 saturated heterocycles. The molecule has 1 aromatic rings. The molecule has 20 heavy (non-hydrogen) atoms. The van der Waals surface area contributed by atoms with Crippen molar-refractivity contribution in [2.75, 3.05) is 18.6 Å². The van der Waals surface area contributed by atoms with Crippen molar-refractivity contribution in [1.29, 1.82) is 0 Å². The van der Waals surface area contributed by atoms with Crippen LogP contribution in [0.2, 0.25) is 0 Å². The van der Waals surface area contributed by atoms with Gasteiger partial charge in [0.15, 0.2) is 9.84 Å². The van der Waals surface area contributed by atoms with Gasteiger partial charge in [-0.25, -0.2) is 13.2 Å². The number of ether oxygens (including phenoxy) is 1. The van der Waals surface area contributed by atoms with E-state index in [0.29, 0.717) is 13.0 Å². The Labute approximate surface area is 118 Å². The molecule has 1 atom stereocenters. The van der Waals surface area contributed by atoms with Gasteiger partial charge in [0.1, 0.15) is 5.75 Å². The molecule has 2 N–H and O–H groups in total. The van der Waals surface area contributed by atoms with E-state index in [9.17, 15) is 13.2 Å². The smallest absolute Gasteiger partial charge is 0.315 e. The molecule has 2 amide bonds. The van der Waals surface area contributed by atoms with E-state index in [1.54, 1.807) is 7.11 Å². The molecule has 1 aromatic carbocycles. The fraction of sp³-hybridized carbons (Fsp3) is 0.462. The normalized spacial score (nSPS) is 20.4. The Bertz CT molecular complexity index is 569. The highest BCUT2D eigenvalue weighted by Gasteiger charge is 2.28. The first-order valence-corrected chi connectivity index (χ1v) is 8.18. The Hall–Kier alpha value is -1.76. The van der Waals surface area contributed by atoms with Gasteiger partial charge < -0.3 is 15.4 Å². The molecule has 0 aromatic heterocycles. The molecule has 110 valence electrons. The quantitative estimate of drug-likeness (QED) is 0.856. The third kappa shape index (κ3) is 4.12. The Balaban J connectivity index is 1.77.